The molecule has 3 rings (SSSR count). The summed E-state index contributed by atoms with van der Waals surface area (Å²) in [7, 11) is 0. The van der Waals surface area contributed by atoms with Crippen LogP contribution in [-0.4, -0.2) is 33.3 Å². The summed E-state index contributed by atoms with van der Waals surface area (Å²) in [6, 6.07) is 11.2. The highest BCUT2D eigenvalue weighted by Gasteiger charge is 2.22. The highest BCUT2D eigenvalue weighted by Crippen LogP contribution is 2.36. The Balaban J connectivity index is 1.91. The number of halogens is 2. The maximum atomic E-state index is 9.22. The molecule has 5 nitrogen and oxygen atoms in total. The molecule has 0 radical (unpaired) electrons. The van der Waals surface area contributed by atoms with Crippen molar-refractivity contribution >= 4 is 35.0 Å². The summed E-state index contributed by atoms with van der Waals surface area (Å²) in [5.41, 5.74) is 1.84. The summed E-state index contributed by atoms with van der Waals surface area (Å²) in [6.07, 6.45) is 1.97. The molecule has 1 atom stereocenters. The number of aliphatic hydroxyl groups excluding tert-OH is 1. The van der Waals surface area contributed by atoms with E-state index in [-0.39, 0.29) is 25.2 Å². The first-order chi connectivity index (χ1) is 14.0. The van der Waals surface area contributed by atoms with Crippen LogP contribution in [0, 0.1) is 0 Å². The van der Waals surface area contributed by atoms with Gasteiger partial charge in [0.1, 0.15) is 17.0 Å². The van der Waals surface area contributed by atoms with Gasteiger partial charge in [-0.15, -0.1) is 0 Å². The number of aliphatic hydroxyl groups is 1. The molecule has 3 aromatic rings. The topological polar surface area (TPSA) is 71.0 Å². The van der Waals surface area contributed by atoms with Crippen LogP contribution in [0.5, 0.6) is 0 Å². The molecule has 0 amide bonds. The van der Waals surface area contributed by atoms with Crippen molar-refractivity contribution in [2.24, 2.45) is 0 Å². The number of hydrogen-bond acceptors (Lipinski definition) is 5. The second-order valence-corrected chi connectivity index (χ2v) is 8.76. The third-order valence-corrected chi connectivity index (χ3v) is 5.58. The lowest BCUT2D eigenvalue weighted by molar-refractivity contribution is 0.0229. The fraction of sp³-hybridized carbons (Fsp3) is 0.333. The molecule has 1 unspecified atom stereocenters. The summed E-state index contributed by atoms with van der Waals surface area (Å²) < 4.78 is 5.88. The van der Waals surface area contributed by atoms with Gasteiger partial charge < -0.3 is 14.8 Å². The Bertz CT molecular complexity index is 915. The number of aromatic amines is 1. The lowest BCUT2D eigenvalue weighted by atomic mass is 10.1. The van der Waals surface area contributed by atoms with Crippen LogP contribution in [0.4, 0.5) is 0 Å². The van der Waals surface area contributed by atoms with E-state index in [1.54, 1.807) is 12.3 Å². The lowest BCUT2D eigenvalue weighted by Gasteiger charge is -2.15. The molecule has 0 saturated heterocycles. The average molecular weight is 452 g/mol. The molecule has 29 heavy (non-hydrogen) atoms. The quantitative estimate of drug-likeness (QED) is 0.437. The zero-order valence-electron chi connectivity index (χ0n) is 16.2. The van der Waals surface area contributed by atoms with Gasteiger partial charge in [-0.3, -0.25) is 4.98 Å². The van der Waals surface area contributed by atoms with E-state index in [2.05, 4.69) is 23.8 Å². The number of aromatic nitrogens is 3. The highest BCUT2D eigenvalue weighted by atomic mass is 35.5. The number of rotatable bonds is 9. The van der Waals surface area contributed by atoms with E-state index in [0.717, 1.165) is 21.3 Å². The molecular formula is C21H23Cl2N3O2S. The Morgan fingerprint density at radius 1 is 1.17 bits per heavy atom. The summed E-state index contributed by atoms with van der Waals surface area (Å²) in [5, 5.41) is 11.3. The van der Waals surface area contributed by atoms with E-state index in [1.807, 2.05) is 30.3 Å². The monoisotopic (exact) mass is 451 g/mol. The molecule has 154 valence electrons. The first-order valence-electron chi connectivity index (χ1n) is 9.32. The summed E-state index contributed by atoms with van der Waals surface area (Å²) in [6.45, 7) is 4.36. The van der Waals surface area contributed by atoms with E-state index < -0.39 is 0 Å². The molecule has 2 N–H and O–H groups in total. The smallest absolute Gasteiger partial charge is 0.136 e. The van der Waals surface area contributed by atoms with Crippen LogP contribution >= 0.6 is 35.0 Å². The van der Waals surface area contributed by atoms with Crippen molar-refractivity contribution in [3.63, 3.8) is 0 Å². The molecule has 2 heterocycles. The van der Waals surface area contributed by atoms with Gasteiger partial charge in [-0.05, 0) is 36.2 Å². The summed E-state index contributed by atoms with van der Waals surface area (Å²) in [5.74, 6) is 0.925. The predicted octanol–water partition coefficient (Wildman–Crippen LogP) is 5.68. The fourth-order valence-electron chi connectivity index (χ4n) is 2.85. The van der Waals surface area contributed by atoms with E-state index >= 15 is 0 Å². The van der Waals surface area contributed by atoms with Crippen molar-refractivity contribution in [1.82, 2.24) is 15.0 Å². The molecular weight excluding hydrogens is 429 g/mol. The molecule has 0 bridgehead atoms. The third kappa shape index (κ3) is 6.20. The van der Waals surface area contributed by atoms with Crippen LogP contribution in [0.2, 0.25) is 10.0 Å². The Labute approximate surface area is 184 Å². The average Bonchev–Trinajstić information content (AvgIpc) is 3.09. The van der Waals surface area contributed by atoms with E-state index in [0.29, 0.717) is 22.3 Å². The van der Waals surface area contributed by atoms with Crippen LogP contribution in [-0.2, 0) is 11.2 Å². The normalized spacial score (nSPS) is 12.5. The molecule has 0 aliphatic heterocycles. The van der Waals surface area contributed by atoms with Crippen molar-refractivity contribution in [2.45, 2.75) is 42.2 Å². The number of imidazole rings is 1. The Morgan fingerprint density at radius 2 is 1.93 bits per heavy atom. The molecule has 2 aromatic heterocycles. The van der Waals surface area contributed by atoms with Gasteiger partial charge in [0.05, 0.1) is 18.9 Å². The number of H-pyrrole nitrogens is 1. The van der Waals surface area contributed by atoms with Crippen LogP contribution in [0.1, 0.15) is 43.1 Å². The number of nitrogens with one attached hydrogen (secondary N) is 1. The maximum Gasteiger partial charge on any atom is 0.136 e. The van der Waals surface area contributed by atoms with Gasteiger partial charge in [0.25, 0.3) is 0 Å². The highest BCUT2D eigenvalue weighted by molar-refractivity contribution is 7.99. The SMILES string of the molecule is CC(C)c1nc(C(Cc2ccccn2)OCCO)[nH]c1Sc1cc(Cl)cc(Cl)c1. The zero-order valence-corrected chi connectivity index (χ0v) is 18.6. The van der Waals surface area contributed by atoms with Gasteiger partial charge in [-0.1, -0.05) is 54.9 Å². The Morgan fingerprint density at radius 3 is 2.55 bits per heavy atom. The largest absolute Gasteiger partial charge is 0.394 e. The van der Waals surface area contributed by atoms with Gasteiger partial charge in [0.15, 0.2) is 0 Å². The van der Waals surface area contributed by atoms with E-state index in [4.69, 9.17) is 32.9 Å². The molecule has 0 fully saturated rings. The van der Waals surface area contributed by atoms with Gasteiger partial charge in [0, 0.05) is 33.3 Å². The van der Waals surface area contributed by atoms with Gasteiger partial charge in [-0.2, -0.15) is 0 Å². The molecule has 0 aliphatic rings. The lowest BCUT2D eigenvalue weighted by Crippen LogP contribution is -2.13. The number of hydrogen-bond donors (Lipinski definition) is 2. The van der Waals surface area contributed by atoms with Crippen molar-refractivity contribution in [3.8, 4) is 0 Å². The number of nitrogens with zero attached hydrogens (tertiary/aromatic N) is 2. The Kier molecular flexibility index (Phi) is 7.98. The second-order valence-electron chi connectivity index (χ2n) is 6.81. The van der Waals surface area contributed by atoms with E-state index in [9.17, 15) is 5.11 Å². The second kappa shape index (κ2) is 10.5. The standard InChI is InChI=1S/C21H23Cl2N3O2S/c1-13(2)19-21(29-17-10-14(22)9-15(23)11-17)26-20(25-19)18(28-8-7-27)12-16-5-3-4-6-24-16/h3-6,9-11,13,18,27H,7-8,12H2,1-2H3,(H,25,26). The fourth-order valence-corrected chi connectivity index (χ4v) is 4.66. The number of pyridine rings is 1. The van der Waals surface area contributed by atoms with Crippen LogP contribution in [0.25, 0.3) is 0 Å². The summed E-state index contributed by atoms with van der Waals surface area (Å²) in [4.78, 5) is 13.5. The predicted molar refractivity (Wildman–Crippen MR) is 117 cm³/mol. The molecule has 0 spiro atoms. The van der Waals surface area contributed by atoms with Gasteiger partial charge >= 0.3 is 0 Å². The van der Waals surface area contributed by atoms with Crippen LogP contribution in [0.15, 0.2) is 52.5 Å². The van der Waals surface area contributed by atoms with Crippen molar-refractivity contribution in [2.75, 3.05) is 13.2 Å². The van der Waals surface area contributed by atoms with Gasteiger partial charge in [0.2, 0.25) is 0 Å². The molecule has 1 aromatic carbocycles. The van der Waals surface area contributed by atoms with Gasteiger partial charge in [-0.25, -0.2) is 4.98 Å². The maximum absolute atomic E-state index is 9.22. The van der Waals surface area contributed by atoms with Crippen molar-refractivity contribution in [1.29, 1.82) is 0 Å². The molecule has 0 saturated carbocycles. The van der Waals surface area contributed by atoms with Crippen molar-refractivity contribution in [3.05, 3.63) is 69.9 Å². The Hall–Kier alpha value is -1.57. The minimum atomic E-state index is -0.341. The third-order valence-electron chi connectivity index (χ3n) is 4.15. The first kappa shape index (κ1) is 22.1. The first-order valence-corrected chi connectivity index (χ1v) is 10.9. The molecule has 8 heteroatoms. The summed E-state index contributed by atoms with van der Waals surface area (Å²) >= 11 is 13.8. The van der Waals surface area contributed by atoms with Crippen LogP contribution < -0.4 is 0 Å². The van der Waals surface area contributed by atoms with Crippen LogP contribution in [0.3, 0.4) is 0 Å². The molecule has 0 aliphatic carbocycles. The minimum Gasteiger partial charge on any atom is -0.394 e. The van der Waals surface area contributed by atoms with E-state index in [1.165, 1.54) is 11.8 Å². The van der Waals surface area contributed by atoms with Crippen molar-refractivity contribution < 1.29 is 9.84 Å². The number of ether oxygens (including phenoxy) is 1. The number of benzene rings is 1. The minimum absolute atomic E-state index is 0.0565. The zero-order chi connectivity index (χ0) is 20.8.